The second-order valence-electron chi connectivity index (χ2n) is 16.7. The Hall–Kier alpha value is -0.900. The van der Waals surface area contributed by atoms with E-state index >= 15 is 0 Å². The van der Waals surface area contributed by atoms with E-state index in [1.807, 2.05) is 0 Å². The number of aliphatic hydroxyl groups excluding tert-OH is 3. The Morgan fingerprint density at radius 1 is 0.586 bits per heavy atom. The Labute approximate surface area is 354 Å². The van der Waals surface area contributed by atoms with Crippen LogP contribution in [0.2, 0.25) is 0 Å². The summed E-state index contributed by atoms with van der Waals surface area (Å²) in [5.41, 5.74) is 0. The first-order valence-electron chi connectivity index (χ1n) is 23.8. The van der Waals surface area contributed by atoms with E-state index in [1.165, 1.54) is 154 Å². The Morgan fingerprint density at radius 2 is 0.983 bits per heavy atom. The van der Waals surface area contributed by atoms with Gasteiger partial charge in [0, 0.05) is 13.0 Å². The van der Waals surface area contributed by atoms with Crippen LogP contribution in [0.4, 0.5) is 0 Å². The SMILES string of the molecule is CCCCCCCCCCCCCCCCCCCCCCCCCOCC(COC1OC(CO)C(O)C(OS(=O)(=O)O)C1O)OC(=O)CCCCCCCCCC. The van der Waals surface area contributed by atoms with E-state index in [-0.39, 0.29) is 19.6 Å². The highest BCUT2D eigenvalue weighted by molar-refractivity contribution is 7.80. The van der Waals surface area contributed by atoms with Crippen molar-refractivity contribution in [1.29, 1.82) is 0 Å². The number of esters is 1. The summed E-state index contributed by atoms with van der Waals surface area (Å²) in [7, 11) is -5.05. The molecule has 0 aromatic carbocycles. The van der Waals surface area contributed by atoms with Crippen LogP contribution < -0.4 is 0 Å². The molecule has 1 saturated heterocycles. The van der Waals surface area contributed by atoms with E-state index in [9.17, 15) is 28.5 Å². The number of rotatable bonds is 42. The molecule has 0 amide bonds. The molecule has 6 unspecified atom stereocenters. The minimum absolute atomic E-state index is 0.0439. The van der Waals surface area contributed by atoms with Gasteiger partial charge in [-0.3, -0.25) is 9.35 Å². The van der Waals surface area contributed by atoms with Crippen molar-refractivity contribution in [3.05, 3.63) is 0 Å². The number of unbranched alkanes of at least 4 members (excludes halogenated alkanes) is 29. The quantitative estimate of drug-likeness (QED) is 0.0260. The van der Waals surface area contributed by atoms with Gasteiger partial charge in [0.25, 0.3) is 0 Å². The molecule has 0 aliphatic carbocycles. The fourth-order valence-corrected chi connectivity index (χ4v) is 8.12. The van der Waals surface area contributed by atoms with E-state index in [2.05, 4.69) is 18.0 Å². The minimum atomic E-state index is -5.05. The van der Waals surface area contributed by atoms with Gasteiger partial charge < -0.3 is 34.3 Å². The molecule has 1 rings (SSSR count). The molecule has 0 radical (unpaired) electrons. The molecule has 1 aliphatic rings. The van der Waals surface area contributed by atoms with Gasteiger partial charge in [0.15, 0.2) is 6.29 Å². The van der Waals surface area contributed by atoms with Crippen molar-refractivity contribution in [2.75, 3.05) is 26.4 Å². The lowest BCUT2D eigenvalue weighted by Gasteiger charge is -2.41. The molecule has 346 valence electrons. The average molecular weight is 853 g/mol. The number of ether oxygens (including phenoxy) is 4. The summed E-state index contributed by atoms with van der Waals surface area (Å²) in [5.74, 6) is -0.399. The number of hydrogen-bond acceptors (Lipinski definition) is 11. The molecule has 1 aliphatic heterocycles. The first-order valence-corrected chi connectivity index (χ1v) is 25.2. The highest BCUT2D eigenvalue weighted by Gasteiger charge is 2.48. The lowest BCUT2D eigenvalue weighted by atomic mass is 9.99. The molecule has 12 nitrogen and oxygen atoms in total. The van der Waals surface area contributed by atoms with Gasteiger partial charge in [0.05, 0.1) is 19.8 Å². The zero-order valence-electron chi connectivity index (χ0n) is 36.9. The summed E-state index contributed by atoms with van der Waals surface area (Å²) in [6.45, 7) is 3.99. The third-order valence-corrected chi connectivity index (χ3v) is 11.7. The summed E-state index contributed by atoms with van der Waals surface area (Å²) in [5, 5.41) is 30.6. The fourth-order valence-electron chi connectivity index (χ4n) is 7.62. The van der Waals surface area contributed by atoms with Gasteiger partial charge in [-0.15, -0.1) is 0 Å². The standard InChI is InChI=1S/C45H88O12S/c1-3-5-7-9-11-13-14-15-16-17-18-19-20-21-22-23-24-25-26-27-29-31-33-35-53-37-39(55-41(47)34-32-30-28-12-10-8-6-4-2)38-54-45-43(49)44(57-58(50,51)52)42(48)40(36-46)56-45/h39-40,42-46,48-49H,3-38H2,1-2H3,(H,50,51,52). The molecule has 1 fully saturated rings. The molecule has 0 aromatic rings. The molecule has 0 saturated carbocycles. The van der Waals surface area contributed by atoms with Crippen LogP contribution >= 0.6 is 0 Å². The lowest BCUT2D eigenvalue weighted by Crippen LogP contribution is -2.60. The maximum Gasteiger partial charge on any atom is 0.397 e. The van der Waals surface area contributed by atoms with Crippen LogP contribution in [-0.4, -0.2) is 97.5 Å². The van der Waals surface area contributed by atoms with Gasteiger partial charge in [-0.2, -0.15) is 8.42 Å². The van der Waals surface area contributed by atoms with Crippen LogP contribution in [-0.2, 0) is 38.3 Å². The summed E-state index contributed by atoms with van der Waals surface area (Å²) >= 11 is 0. The predicted octanol–water partition coefficient (Wildman–Crippen LogP) is 10.1. The van der Waals surface area contributed by atoms with Gasteiger partial charge in [0.1, 0.15) is 30.5 Å². The summed E-state index contributed by atoms with van der Waals surface area (Å²) < 4.78 is 58.9. The predicted molar refractivity (Wildman–Crippen MR) is 230 cm³/mol. The smallest absolute Gasteiger partial charge is 0.397 e. The molecule has 0 aromatic heterocycles. The van der Waals surface area contributed by atoms with E-state index in [1.54, 1.807) is 0 Å². The molecular formula is C45H88O12S. The van der Waals surface area contributed by atoms with Crippen LogP contribution in [0.25, 0.3) is 0 Å². The molecule has 0 bridgehead atoms. The minimum Gasteiger partial charge on any atom is -0.457 e. The maximum atomic E-state index is 12.7. The van der Waals surface area contributed by atoms with Crippen LogP contribution in [0.1, 0.15) is 219 Å². The summed E-state index contributed by atoms with van der Waals surface area (Å²) in [6, 6.07) is 0. The van der Waals surface area contributed by atoms with Gasteiger partial charge in [-0.25, -0.2) is 4.18 Å². The molecular weight excluding hydrogens is 765 g/mol. The van der Waals surface area contributed by atoms with E-state index in [0.29, 0.717) is 13.0 Å². The Morgan fingerprint density at radius 3 is 1.38 bits per heavy atom. The highest BCUT2D eigenvalue weighted by Crippen LogP contribution is 2.26. The Kier molecular flexibility index (Phi) is 35.9. The largest absolute Gasteiger partial charge is 0.457 e. The van der Waals surface area contributed by atoms with Crippen molar-refractivity contribution in [2.24, 2.45) is 0 Å². The highest BCUT2D eigenvalue weighted by atomic mass is 32.3. The summed E-state index contributed by atoms with van der Waals surface area (Å²) in [6.07, 6.45) is 30.3. The number of aliphatic hydroxyl groups is 3. The lowest BCUT2D eigenvalue weighted by molar-refractivity contribution is -0.301. The van der Waals surface area contributed by atoms with Crippen LogP contribution in [0, 0.1) is 0 Å². The van der Waals surface area contributed by atoms with E-state index < -0.39 is 59.8 Å². The van der Waals surface area contributed by atoms with Gasteiger partial charge in [-0.1, -0.05) is 200 Å². The fraction of sp³-hybridized carbons (Fsp3) is 0.978. The summed E-state index contributed by atoms with van der Waals surface area (Å²) in [4.78, 5) is 12.7. The zero-order chi connectivity index (χ0) is 42.5. The van der Waals surface area contributed by atoms with Gasteiger partial charge >= 0.3 is 16.4 Å². The van der Waals surface area contributed by atoms with Crippen LogP contribution in [0.3, 0.4) is 0 Å². The number of hydrogen-bond donors (Lipinski definition) is 4. The molecule has 58 heavy (non-hydrogen) atoms. The second kappa shape index (κ2) is 37.8. The average Bonchev–Trinajstić information content (AvgIpc) is 3.19. The monoisotopic (exact) mass is 853 g/mol. The molecule has 6 atom stereocenters. The number of carbonyl (C=O) groups excluding carboxylic acids is 1. The first kappa shape index (κ1) is 55.1. The van der Waals surface area contributed by atoms with E-state index in [4.69, 9.17) is 23.5 Å². The molecule has 1 heterocycles. The normalized spacial score (nSPS) is 20.4. The van der Waals surface area contributed by atoms with Gasteiger partial charge in [0.2, 0.25) is 0 Å². The van der Waals surface area contributed by atoms with Crippen molar-refractivity contribution < 1.29 is 56.2 Å². The first-order chi connectivity index (χ1) is 28.1. The van der Waals surface area contributed by atoms with Crippen molar-refractivity contribution in [1.82, 2.24) is 0 Å². The van der Waals surface area contributed by atoms with E-state index in [0.717, 1.165) is 38.5 Å². The van der Waals surface area contributed by atoms with Crippen molar-refractivity contribution >= 4 is 16.4 Å². The van der Waals surface area contributed by atoms with Crippen molar-refractivity contribution in [2.45, 2.75) is 256 Å². The van der Waals surface area contributed by atoms with Crippen molar-refractivity contribution in [3.63, 3.8) is 0 Å². The third-order valence-electron chi connectivity index (χ3n) is 11.2. The van der Waals surface area contributed by atoms with Crippen molar-refractivity contribution in [3.8, 4) is 0 Å². The topological polar surface area (TPSA) is 178 Å². The second-order valence-corrected chi connectivity index (χ2v) is 17.8. The van der Waals surface area contributed by atoms with Crippen LogP contribution in [0.15, 0.2) is 0 Å². The maximum absolute atomic E-state index is 12.7. The Balaban J connectivity index is 2.26. The molecule has 13 heteroatoms. The Bertz CT molecular complexity index is 1030. The number of carbonyl (C=O) groups is 1. The zero-order valence-corrected chi connectivity index (χ0v) is 37.7. The van der Waals surface area contributed by atoms with Gasteiger partial charge in [-0.05, 0) is 12.8 Å². The third kappa shape index (κ3) is 31.0. The molecule has 0 spiro atoms. The van der Waals surface area contributed by atoms with Crippen LogP contribution in [0.5, 0.6) is 0 Å². The molecule has 4 N–H and O–H groups in total.